The average molecular weight is 122 g/mol. The average Bonchev–Trinajstić information content (AvgIpc) is 1.65. The number of aliphatic hydroxyl groups excluding tert-OH is 3. The molecule has 0 aromatic rings. The lowest BCUT2D eigenvalue weighted by molar-refractivity contribution is 0.186. The molecule has 0 rings (SSSR count). The molecule has 8 heavy (non-hydrogen) atoms. The minimum Gasteiger partial charge on any atom is -0.394 e. The maximum Gasteiger partial charge on any atom is 0.0662 e. The van der Waals surface area contributed by atoms with Gasteiger partial charge in [-0.1, -0.05) is 0 Å². The molecule has 0 spiro atoms. The minimum absolute atomic E-state index is 0.125. The zero-order chi connectivity index (χ0) is 6.99. The Morgan fingerprint density at radius 3 is 1.25 bits per heavy atom. The Morgan fingerprint density at radius 1 is 1.12 bits per heavy atom. The van der Waals surface area contributed by atoms with Crippen molar-refractivity contribution in [1.82, 2.24) is 0 Å². The highest BCUT2D eigenvalue weighted by Crippen LogP contribution is 1.65. The van der Waals surface area contributed by atoms with Crippen molar-refractivity contribution >= 4 is 0 Å². The molecule has 0 bridgehead atoms. The van der Waals surface area contributed by atoms with Gasteiger partial charge in [-0.25, -0.2) is 0 Å². The Hall–Kier alpha value is -0.120. The molecule has 3 heteroatoms. The smallest absolute Gasteiger partial charge is 0.0662 e. The molecule has 0 aliphatic heterocycles. The third-order valence-corrected chi connectivity index (χ3v) is 0.1000. The summed E-state index contributed by atoms with van der Waals surface area (Å²) >= 11 is 0. The zero-order valence-electron chi connectivity index (χ0n) is 5.33. The van der Waals surface area contributed by atoms with Crippen molar-refractivity contribution < 1.29 is 15.3 Å². The second-order valence-corrected chi connectivity index (χ2v) is 1.54. The van der Waals surface area contributed by atoms with Gasteiger partial charge in [0.15, 0.2) is 0 Å². The van der Waals surface area contributed by atoms with Crippen LogP contribution in [0.25, 0.3) is 0 Å². The van der Waals surface area contributed by atoms with Crippen LogP contribution in [0.1, 0.15) is 13.8 Å². The maximum atomic E-state index is 8.06. The van der Waals surface area contributed by atoms with E-state index in [4.69, 9.17) is 15.3 Å². The summed E-state index contributed by atoms with van der Waals surface area (Å²) < 4.78 is 0. The highest BCUT2D eigenvalue weighted by atomic mass is 16.3. The molecule has 3 N–H and O–H groups in total. The fraction of sp³-hybridized carbons (Fsp3) is 1.00. The molecule has 0 amide bonds. The molecule has 0 fully saturated rings. The van der Waals surface area contributed by atoms with Crippen LogP contribution in [0.2, 0.25) is 0 Å². The van der Waals surface area contributed by atoms with E-state index >= 15 is 0 Å². The lowest BCUT2D eigenvalue weighted by atomic mass is 10.5. The van der Waals surface area contributed by atoms with Crippen LogP contribution in [0.15, 0.2) is 0 Å². The van der Waals surface area contributed by atoms with Crippen molar-refractivity contribution in [3.63, 3.8) is 0 Å². The van der Waals surface area contributed by atoms with Gasteiger partial charge in [-0.3, -0.25) is 0 Å². The van der Waals surface area contributed by atoms with E-state index in [1.54, 1.807) is 13.8 Å². The Bertz CT molecular complexity index is 24.1. The summed E-state index contributed by atoms with van der Waals surface area (Å²) in [5, 5.41) is 23.3. The fourth-order valence-electron chi connectivity index (χ4n) is 0. The Labute approximate surface area is 49.6 Å². The summed E-state index contributed by atoms with van der Waals surface area (Å²) in [6.07, 6.45) is -0.167. The molecule has 0 unspecified atom stereocenters. The van der Waals surface area contributed by atoms with E-state index in [0.717, 1.165) is 0 Å². The summed E-state index contributed by atoms with van der Waals surface area (Å²) in [6.45, 7) is 3.19. The van der Waals surface area contributed by atoms with Gasteiger partial charge in [-0.05, 0) is 13.8 Å². The van der Waals surface area contributed by atoms with Gasteiger partial charge in [0.05, 0.1) is 13.2 Å². The molecular weight excluding hydrogens is 108 g/mol. The van der Waals surface area contributed by atoms with Crippen LogP contribution in [0.4, 0.5) is 0 Å². The van der Waals surface area contributed by atoms with E-state index in [1.165, 1.54) is 0 Å². The van der Waals surface area contributed by atoms with Gasteiger partial charge < -0.3 is 15.3 Å². The van der Waals surface area contributed by atoms with Crippen LogP contribution < -0.4 is 0 Å². The van der Waals surface area contributed by atoms with Crippen LogP contribution in [-0.4, -0.2) is 34.6 Å². The third kappa shape index (κ3) is 181. The van der Waals surface area contributed by atoms with Crippen molar-refractivity contribution in [3.05, 3.63) is 0 Å². The first-order chi connectivity index (χ1) is 3.65. The molecule has 0 aliphatic carbocycles. The summed E-state index contributed by atoms with van der Waals surface area (Å²) in [5.74, 6) is 0. The first-order valence-corrected chi connectivity index (χ1v) is 2.55. The normalized spacial score (nSPS) is 8.25. The lowest BCUT2D eigenvalue weighted by Crippen LogP contribution is -1.85. The van der Waals surface area contributed by atoms with Gasteiger partial charge in [0.2, 0.25) is 0 Å². The number of hydrogen-bond donors (Lipinski definition) is 3. The highest BCUT2D eigenvalue weighted by Gasteiger charge is 1.69. The predicted molar refractivity (Wildman–Crippen MR) is 31.5 cm³/mol. The first kappa shape index (κ1) is 10.8. The molecule has 0 saturated heterocycles. The van der Waals surface area contributed by atoms with E-state index in [1.807, 2.05) is 0 Å². The molecule has 0 aromatic heterocycles. The quantitative estimate of drug-likeness (QED) is 0.433. The summed E-state index contributed by atoms with van der Waals surface area (Å²) in [6, 6.07) is 0. The fourth-order valence-corrected chi connectivity index (χ4v) is 0. The molecule has 0 radical (unpaired) electrons. The maximum absolute atomic E-state index is 8.06. The second kappa shape index (κ2) is 9.99. The number of aliphatic hydroxyl groups is 3. The topological polar surface area (TPSA) is 60.7 Å². The van der Waals surface area contributed by atoms with Crippen LogP contribution in [0.5, 0.6) is 0 Å². The number of rotatable bonds is 1. The third-order valence-electron chi connectivity index (χ3n) is 0.1000. The van der Waals surface area contributed by atoms with Gasteiger partial charge >= 0.3 is 0 Å². The van der Waals surface area contributed by atoms with E-state index in [2.05, 4.69) is 0 Å². The molecular formula is C5H14O3. The van der Waals surface area contributed by atoms with E-state index in [-0.39, 0.29) is 19.3 Å². The molecule has 0 saturated carbocycles. The van der Waals surface area contributed by atoms with Crippen molar-refractivity contribution in [3.8, 4) is 0 Å². The highest BCUT2D eigenvalue weighted by molar-refractivity contribution is 4.20. The summed E-state index contributed by atoms with van der Waals surface area (Å²) in [5.41, 5.74) is 0. The zero-order valence-corrected chi connectivity index (χ0v) is 5.33. The van der Waals surface area contributed by atoms with Crippen LogP contribution >= 0.6 is 0 Å². The molecule has 52 valence electrons. The SMILES string of the molecule is CC(C)O.OCCO. The molecule has 0 aromatic carbocycles. The van der Waals surface area contributed by atoms with Crippen LogP contribution in [0.3, 0.4) is 0 Å². The second-order valence-electron chi connectivity index (χ2n) is 1.54. The van der Waals surface area contributed by atoms with E-state index in [9.17, 15) is 0 Å². The largest absolute Gasteiger partial charge is 0.394 e. The summed E-state index contributed by atoms with van der Waals surface area (Å²) in [4.78, 5) is 0. The van der Waals surface area contributed by atoms with Crippen LogP contribution in [-0.2, 0) is 0 Å². The predicted octanol–water partition coefficient (Wildman–Crippen LogP) is -0.642. The van der Waals surface area contributed by atoms with Gasteiger partial charge in [-0.15, -0.1) is 0 Å². The van der Waals surface area contributed by atoms with Crippen LogP contribution in [0, 0.1) is 0 Å². The van der Waals surface area contributed by atoms with E-state index in [0.29, 0.717) is 0 Å². The van der Waals surface area contributed by atoms with Crippen molar-refractivity contribution in [2.75, 3.05) is 13.2 Å². The molecule has 0 aliphatic rings. The summed E-state index contributed by atoms with van der Waals surface area (Å²) in [7, 11) is 0. The molecule has 0 heterocycles. The Kier molecular flexibility index (Phi) is 13.5. The first-order valence-electron chi connectivity index (χ1n) is 2.55. The van der Waals surface area contributed by atoms with Crippen molar-refractivity contribution in [2.24, 2.45) is 0 Å². The van der Waals surface area contributed by atoms with E-state index < -0.39 is 0 Å². The number of hydrogen-bond acceptors (Lipinski definition) is 3. The lowest BCUT2D eigenvalue weighted by Gasteiger charge is -1.80. The standard InChI is InChI=1S/C3H8O.C2H6O2/c1-3(2)4;3-1-2-4/h3-4H,1-2H3;3-4H,1-2H2. The van der Waals surface area contributed by atoms with Gasteiger partial charge in [0, 0.05) is 6.10 Å². The van der Waals surface area contributed by atoms with Gasteiger partial charge in [-0.2, -0.15) is 0 Å². The molecule has 0 atom stereocenters. The van der Waals surface area contributed by atoms with Crippen molar-refractivity contribution in [2.45, 2.75) is 20.0 Å². The Morgan fingerprint density at radius 2 is 1.25 bits per heavy atom. The minimum atomic E-state index is -0.167. The van der Waals surface area contributed by atoms with Crippen molar-refractivity contribution in [1.29, 1.82) is 0 Å². The van der Waals surface area contributed by atoms with Gasteiger partial charge in [0.25, 0.3) is 0 Å². The Balaban J connectivity index is 0. The molecule has 3 nitrogen and oxygen atoms in total. The van der Waals surface area contributed by atoms with Gasteiger partial charge in [0.1, 0.15) is 0 Å². The monoisotopic (exact) mass is 122 g/mol.